The van der Waals surface area contributed by atoms with Crippen LogP contribution in [0.4, 0.5) is 0 Å². The molecule has 3 aromatic heterocycles. The highest BCUT2D eigenvalue weighted by Crippen LogP contribution is 2.28. The second-order valence-corrected chi connectivity index (χ2v) is 7.09. The average molecular weight is 361 g/mol. The summed E-state index contributed by atoms with van der Waals surface area (Å²) in [4.78, 5) is 19.6. The summed E-state index contributed by atoms with van der Waals surface area (Å²) in [6.45, 7) is 3.62. The molecule has 138 valence electrons. The summed E-state index contributed by atoms with van der Waals surface area (Å²) in [6, 6.07) is 12.1. The maximum absolute atomic E-state index is 12.9. The standard InChI is InChI=1S/C21H23N5O/c1-15-19(16-8-5-4-6-9-16)20-22-14-17-18(26(20)23-15)10-13-25(21(17)27)12-7-11-24(2)3/h4-6,8-10,13-14H,7,11-12H2,1-3H3. The third kappa shape index (κ3) is 3.13. The van der Waals surface area contributed by atoms with Crippen LogP contribution in [0.15, 0.2) is 53.6 Å². The van der Waals surface area contributed by atoms with Crippen LogP contribution in [0.25, 0.3) is 27.7 Å². The van der Waals surface area contributed by atoms with Crippen LogP contribution in [0.2, 0.25) is 0 Å². The molecular formula is C21H23N5O. The van der Waals surface area contributed by atoms with Gasteiger partial charge in [-0.3, -0.25) is 4.79 Å². The first-order valence-electron chi connectivity index (χ1n) is 9.14. The molecule has 0 bridgehead atoms. The lowest BCUT2D eigenvalue weighted by molar-refractivity contribution is 0.385. The Morgan fingerprint density at radius 2 is 1.89 bits per heavy atom. The van der Waals surface area contributed by atoms with Crippen molar-refractivity contribution in [3.8, 4) is 11.1 Å². The molecule has 3 heterocycles. The van der Waals surface area contributed by atoms with E-state index in [9.17, 15) is 4.79 Å². The van der Waals surface area contributed by atoms with E-state index in [4.69, 9.17) is 0 Å². The molecule has 0 fully saturated rings. The minimum atomic E-state index is -0.0185. The molecule has 0 N–H and O–H groups in total. The number of aryl methyl sites for hydroxylation is 2. The lowest BCUT2D eigenvalue weighted by atomic mass is 10.1. The van der Waals surface area contributed by atoms with Crippen molar-refractivity contribution in [2.24, 2.45) is 0 Å². The van der Waals surface area contributed by atoms with Crippen molar-refractivity contribution in [1.82, 2.24) is 24.1 Å². The lowest BCUT2D eigenvalue weighted by Gasteiger charge is -2.11. The van der Waals surface area contributed by atoms with Gasteiger partial charge in [0.15, 0.2) is 5.65 Å². The summed E-state index contributed by atoms with van der Waals surface area (Å²) in [6.07, 6.45) is 4.47. The largest absolute Gasteiger partial charge is 0.315 e. The molecule has 4 aromatic rings. The van der Waals surface area contributed by atoms with Gasteiger partial charge in [-0.1, -0.05) is 30.3 Å². The van der Waals surface area contributed by atoms with Crippen LogP contribution in [0.1, 0.15) is 12.1 Å². The van der Waals surface area contributed by atoms with Gasteiger partial charge in [-0.25, -0.2) is 9.50 Å². The first kappa shape index (κ1) is 17.4. The Kier molecular flexibility index (Phi) is 4.49. The highest BCUT2D eigenvalue weighted by molar-refractivity contribution is 5.86. The molecule has 6 heteroatoms. The van der Waals surface area contributed by atoms with Crippen LogP contribution in [-0.4, -0.2) is 44.7 Å². The minimum Gasteiger partial charge on any atom is -0.315 e. The molecule has 0 spiro atoms. The zero-order chi connectivity index (χ0) is 19.0. The Morgan fingerprint density at radius 3 is 2.63 bits per heavy atom. The summed E-state index contributed by atoms with van der Waals surface area (Å²) in [5.41, 5.74) is 4.53. The molecule has 0 aliphatic heterocycles. The summed E-state index contributed by atoms with van der Waals surface area (Å²) < 4.78 is 3.55. The van der Waals surface area contributed by atoms with Gasteiger partial charge in [-0.05, 0) is 45.6 Å². The SMILES string of the molecule is Cc1nn2c(ncc3c(=O)n(CCCN(C)C)ccc32)c1-c1ccccc1. The second-order valence-electron chi connectivity index (χ2n) is 7.09. The molecule has 0 aliphatic rings. The lowest BCUT2D eigenvalue weighted by Crippen LogP contribution is -2.23. The number of fused-ring (bicyclic) bond motifs is 3. The molecule has 0 amide bonds. The number of rotatable bonds is 5. The first-order chi connectivity index (χ1) is 13.1. The molecule has 0 aliphatic carbocycles. The van der Waals surface area contributed by atoms with Gasteiger partial charge in [0.1, 0.15) is 0 Å². The predicted molar refractivity (Wildman–Crippen MR) is 108 cm³/mol. The van der Waals surface area contributed by atoms with E-state index in [0.29, 0.717) is 11.9 Å². The number of hydrogen-bond acceptors (Lipinski definition) is 4. The monoisotopic (exact) mass is 361 g/mol. The van der Waals surface area contributed by atoms with E-state index >= 15 is 0 Å². The number of pyridine rings is 1. The first-order valence-corrected chi connectivity index (χ1v) is 9.14. The Hall–Kier alpha value is -2.99. The van der Waals surface area contributed by atoms with Crippen molar-refractivity contribution in [2.75, 3.05) is 20.6 Å². The van der Waals surface area contributed by atoms with E-state index in [-0.39, 0.29) is 5.56 Å². The molecule has 27 heavy (non-hydrogen) atoms. The van der Waals surface area contributed by atoms with Crippen molar-refractivity contribution in [1.29, 1.82) is 0 Å². The van der Waals surface area contributed by atoms with Crippen molar-refractivity contribution in [2.45, 2.75) is 19.9 Å². The zero-order valence-corrected chi connectivity index (χ0v) is 15.9. The van der Waals surface area contributed by atoms with Gasteiger partial charge in [0, 0.05) is 24.5 Å². The van der Waals surface area contributed by atoms with E-state index in [2.05, 4.69) is 27.1 Å². The van der Waals surface area contributed by atoms with Crippen LogP contribution in [0, 0.1) is 6.92 Å². The fraction of sp³-hybridized carbons (Fsp3) is 0.286. The van der Waals surface area contributed by atoms with Gasteiger partial charge < -0.3 is 9.47 Å². The van der Waals surface area contributed by atoms with E-state index in [1.807, 2.05) is 51.5 Å². The minimum absolute atomic E-state index is 0.0185. The van der Waals surface area contributed by atoms with Gasteiger partial charge in [-0.15, -0.1) is 0 Å². The third-order valence-electron chi connectivity index (χ3n) is 4.83. The van der Waals surface area contributed by atoms with E-state index < -0.39 is 0 Å². The third-order valence-corrected chi connectivity index (χ3v) is 4.83. The van der Waals surface area contributed by atoms with Gasteiger partial charge in [0.05, 0.1) is 16.6 Å². The van der Waals surface area contributed by atoms with Crippen molar-refractivity contribution < 1.29 is 0 Å². The number of aromatic nitrogens is 4. The Labute approximate surface area is 157 Å². The van der Waals surface area contributed by atoms with Gasteiger partial charge >= 0.3 is 0 Å². The Morgan fingerprint density at radius 1 is 1.11 bits per heavy atom. The molecule has 0 saturated carbocycles. The van der Waals surface area contributed by atoms with Crippen molar-refractivity contribution in [3.63, 3.8) is 0 Å². The molecule has 0 saturated heterocycles. The maximum Gasteiger partial charge on any atom is 0.261 e. The van der Waals surface area contributed by atoms with Gasteiger partial charge in [0.25, 0.3) is 5.56 Å². The summed E-state index contributed by atoms with van der Waals surface area (Å²) in [5, 5.41) is 5.27. The molecule has 1 aromatic carbocycles. The van der Waals surface area contributed by atoms with Crippen LogP contribution in [-0.2, 0) is 6.54 Å². The van der Waals surface area contributed by atoms with Gasteiger partial charge in [-0.2, -0.15) is 5.10 Å². The van der Waals surface area contributed by atoms with E-state index in [1.165, 1.54) is 0 Å². The molecular weight excluding hydrogens is 338 g/mol. The fourth-order valence-corrected chi connectivity index (χ4v) is 3.49. The van der Waals surface area contributed by atoms with Crippen LogP contribution < -0.4 is 5.56 Å². The topological polar surface area (TPSA) is 55.4 Å². The molecule has 0 radical (unpaired) electrons. The quantitative estimate of drug-likeness (QED) is 0.548. The maximum atomic E-state index is 12.9. The van der Waals surface area contributed by atoms with Crippen molar-refractivity contribution in [3.05, 3.63) is 64.8 Å². The van der Waals surface area contributed by atoms with E-state index in [1.54, 1.807) is 15.3 Å². The Balaban J connectivity index is 1.83. The number of benzene rings is 1. The summed E-state index contributed by atoms with van der Waals surface area (Å²) in [7, 11) is 4.07. The number of nitrogens with zero attached hydrogens (tertiary/aromatic N) is 5. The van der Waals surface area contributed by atoms with Crippen LogP contribution in [0.3, 0.4) is 0 Å². The summed E-state index contributed by atoms with van der Waals surface area (Å²) in [5.74, 6) is 0. The molecule has 0 unspecified atom stereocenters. The Bertz CT molecular complexity index is 1160. The van der Waals surface area contributed by atoms with Gasteiger partial charge in [0.2, 0.25) is 0 Å². The average Bonchev–Trinajstić information content (AvgIpc) is 3.00. The van der Waals surface area contributed by atoms with E-state index in [0.717, 1.165) is 41.0 Å². The molecule has 0 atom stereocenters. The smallest absolute Gasteiger partial charge is 0.261 e. The summed E-state index contributed by atoms with van der Waals surface area (Å²) >= 11 is 0. The zero-order valence-electron chi connectivity index (χ0n) is 15.9. The van der Waals surface area contributed by atoms with Crippen LogP contribution >= 0.6 is 0 Å². The predicted octanol–water partition coefficient (Wildman–Crippen LogP) is 2.97. The highest BCUT2D eigenvalue weighted by Gasteiger charge is 2.16. The second kappa shape index (κ2) is 6.96. The van der Waals surface area contributed by atoms with Crippen LogP contribution in [0.5, 0.6) is 0 Å². The molecule has 4 rings (SSSR count). The molecule has 6 nitrogen and oxygen atoms in total. The number of hydrogen-bond donors (Lipinski definition) is 0. The normalized spacial score (nSPS) is 11.7. The highest BCUT2D eigenvalue weighted by atomic mass is 16.1. The van der Waals surface area contributed by atoms with Crippen molar-refractivity contribution >= 4 is 16.6 Å². The fourth-order valence-electron chi connectivity index (χ4n) is 3.49.